The number of phenolic OH excluding ortho intramolecular Hbond substituents is 1. The number of guanidine groups is 2. The Hall–Kier alpha value is -12.2. The number of hydrogen-bond donors (Lipinski definition) is 28. The molecule has 132 heavy (non-hydrogen) atoms. The van der Waals surface area contributed by atoms with E-state index in [9.17, 15) is 92.3 Å². The van der Waals surface area contributed by atoms with E-state index in [1.54, 1.807) is 102 Å². The van der Waals surface area contributed by atoms with Gasteiger partial charge in [0.1, 0.15) is 84.3 Å². The molecule has 0 spiro atoms. The molecule has 0 unspecified atom stereocenters. The third kappa shape index (κ3) is 46.1. The molecule has 0 radical (unpaired) electrons. The van der Waals surface area contributed by atoms with E-state index in [4.69, 9.17) is 51.0 Å². The highest BCUT2D eigenvalue weighted by atomic mass is 16.4. The fraction of sp³-hybridized carbons (Fsp3) is 0.607. The van der Waals surface area contributed by atoms with Gasteiger partial charge in [-0.15, -0.1) is 0 Å². The number of benzene rings is 3. The van der Waals surface area contributed by atoms with E-state index >= 15 is 0 Å². The molecule has 3 aromatic rings. The van der Waals surface area contributed by atoms with Gasteiger partial charge in [-0.3, -0.25) is 77.9 Å². The number of amides is 13. The smallest absolute Gasteiger partial charge is 0.326 e. The fourth-order valence-corrected chi connectivity index (χ4v) is 14.1. The molecule has 3 rings (SSSR count). The third-order valence-electron chi connectivity index (χ3n) is 21.2. The first kappa shape index (κ1) is 114. The lowest BCUT2D eigenvalue weighted by molar-refractivity contribution is -0.142. The van der Waals surface area contributed by atoms with Gasteiger partial charge in [0, 0.05) is 38.8 Å². The van der Waals surface area contributed by atoms with Gasteiger partial charge in [-0.2, -0.15) is 0 Å². The summed E-state index contributed by atoms with van der Waals surface area (Å²) in [5.74, 6) is -16.5. The molecule has 35 N–H and O–H groups in total. The summed E-state index contributed by atoms with van der Waals surface area (Å²) in [7, 11) is 0. The molecule has 13 amide bonds. The van der Waals surface area contributed by atoms with E-state index in [-0.39, 0.29) is 165 Å². The zero-order chi connectivity index (χ0) is 98.4. The van der Waals surface area contributed by atoms with Crippen LogP contribution in [0.2, 0.25) is 0 Å². The van der Waals surface area contributed by atoms with Gasteiger partial charge in [0.2, 0.25) is 76.8 Å². The van der Waals surface area contributed by atoms with Gasteiger partial charge in [0.15, 0.2) is 11.9 Å². The Morgan fingerprint density at radius 3 is 0.864 bits per heavy atom. The zero-order valence-electron chi connectivity index (χ0n) is 76.8. The van der Waals surface area contributed by atoms with E-state index < -0.39 is 199 Å². The van der Waals surface area contributed by atoms with Crippen LogP contribution >= 0.6 is 0 Å². The number of carbonyl (C=O) groups is 15. The number of carboxylic acids is 2. The van der Waals surface area contributed by atoms with Crippen molar-refractivity contribution >= 4 is 101 Å². The number of rotatable bonds is 67. The van der Waals surface area contributed by atoms with Crippen molar-refractivity contribution in [3.05, 3.63) is 102 Å². The Balaban J connectivity index is 2.02. The van der Waals surface area contributed by atoms with Gasteiger partial charge >= 0.3 is 11.9 Å². The second-order valence-corrected chi connectivity index (χ2v) is 34.1. The molecule has 0 fully saturated rings. The van der Waals surface area contributed by atoms with Gasteiger partial charge in [0.05, 0.1) is 12.6 Å². The Labute approximate surface area is 771 Å². The number of carboxylic acid groups (broad SMARTS) is 2. The number of unbranched alkanes of at least 4 members (excludes halogenated alkanes) is 4. The Morgan fingerprint density at radius 1 is 0.311 bits per heavy atom. The van der Waals surface area contributed by atoms with Crippen molar-refractivity contribution in [2.24, 2.45) is 57.9 Å². The van der Waals surface area contributed by atoms with Crippen molar-refractivity contribution in [2.45, 2.75) is 280 Å². The summed E-state index contributed by atoms with van der Waals surface area (Å²) in [4.78, 5) is 214. The Bertz CT molecular complexity index is 4140. The molecule has 3 aromatic carbocycles. The quantitative estimate of drug-likeness (QED) is 0.0154. The number of aliphatic hydroxyl groups is 1. The SMILES string of the molecule is CC(C)C[C@H](NC(=O)[C@H](CO)NC(=O)[C@H](Cc1ccccc1)NC(=O)[C@H](CCCCN)NC(=O)[C@H](CC(C)C)NC(=O)[C@H](CCC(=O)O)NC(=O)[C@H](CCCCN)NC(=O)[C@H](Cc1ccccc1)NC(=O)[C@H](CC(C)C)NC(=O)[C@H](CCCNC(=N)N)NC(=O)[C@@H](N)CCCCN)C(=O)N[C@@H](CCCNC(=N)N)C(=O)N[C@@H](CCCCN)C(=O)N[C@@H](Cc1ccc(O)cc1)C(=O)O. The van der Waals surface area contributed by atoms with Gasteiger partial charge in [-0.05, 0) is 195 Å². The van der Waals surface area contributed by atoms with Crippen molar-refractivity contribution in [1.82, 2.24) is 79.8 Å². The van der Waals surface area contributed by atoms with Crippen LogP contribution in [0, 0.1) is 28.6 Å². The van der Waals surface area contributed by atoms with E-state index in [1.807, 2.05) is 0 Å². The van der Waals surface area contributed by atoms with Crippen molar-refractivity contribution in [3.63, 3.8) is 0 Å². The molecule has 14 atom stereocenters. The molecule has 0 saturated carbocycles. The second-order valence-electron chi connectivity index (χ2n) is 34.1. The summed E-state index contributed by atoms with van der Waals surface area (Å²) in [5, 5.41) is 95.7. The Morgan fingerprint density at radius 2 is 0.561 bits per heavy atom. The Kier molecular flexibility index (Phi) is 54.4. The molecule has 0 heterocycles. The van der Waals surface area contributed by atoms with Gasteiger partial charge in [-0.1, -0.05) is 121 Å². The number of aromatic hydroxyl groups is 1. The van der Waals surface area contributed by atoms with Gasteiger partial charge < -0.3 is 140 Å². The van der Waals surface area contributed by atoms with Crippen molar-refractivity contribution in [3.8, 4) is 5.75 Å². The predicted molar refractivity (Wildman–Crippen MR) is 495 cm³/mol. The van der Waals surface area contributed by atoms with Gasteiger partial charge in [0.25, 0.3) is 0 Å². The van der Waals surface area contributed by atoms with Crippen LogP contribution in [0.4, 0.5) is 0 Å². The van der Waals surface area contributed by atoms with E-state index in [0.29, 0.717) is 61.8 Å². The van der Waals surface area contributed by atoms with Crippen LogP contribution in [-0.4, -0.2) is 252 Å². The highest BCUT2D eigenvalue weighted by Gasteiger charge is 2.39. The molecule has 736 valence electrons. The molecule has 43 heteroatoms. The summed E-state index contributed by atoms with van der Waals surface area (Å²) in [5.41, 5.74) is 42.0. The maximum absolute atomic E-state index is 15.0. The van der Waals surface area contributed by atoms with Crippen molar-refractivity contribution in [1.29, 1.82) is 10.8 Å². The molecular formula is C89H146N24O19. The molecule has 0 saturated heterocycles. The topological polar surface area (TPSA) is 747 Å². The highest BCUT2D eigenvalue weighted by Crippen LogP contribution is 2.19. The lowest BCUT2D eigenvalue weighted by Gasteiger charge is -2.29. The van der Waals surface area contributed by atoms with Crippen LogP contribution < -0.4 is 120 Å². The van der Waals surface area contributed by atoms with E-state index in [2.05, 4.69) is 79.8 Å². The van der Waals surface area contributed by atoms with Crippen LogP contribution in [0.5, 0.6) is 5.75 Å². The minimum Gasteiger partial charge on any atom is -0.508 e. The number of nitrogens with two attached hydrogens (primary N) is 7. The number of hydrogen-bond acceptors (Lipinski definition) is 24. The summed E-state index contributed by atoms with van der Waals surface area (Å²) in [6, 6.07) is 1.91. The first-order chi connectivity index (χ1) is 62.7. The molecule has 0 aromatic heterocycles. The van der Waals surface area contributed by atoms with Crippen LogP contribution in [-0.2, 0) is 91.2 Å². The number of phenols is 1. The molecule has 43 nitrogen and oxygen atoms in total. The first-order valence-electron chi connectivity index (χ1n) is 45.3. The van der Waals surface area contributed by atoms with Crippen molar-refractivity contribution in [2.75, 3.05) is 45.9 Å². The van der Waals surface area contributed by atoms with Crippen LogP contribution in [0.15, 0.2) is 84.9 Å². The first-order valence-corrected chi connectivity index (χ1v) is 45.3. The summed E-state index contributed by atoms with van der Waals surface area (Å²) < 4.78 is 0. The summed E-state index contributed by atoms with van der Waals surface area (Å²) >= 11 is 0. The predicted octanol–water partition coefficient (Wildman–Crippen LogP) is -2.83. The largest absolute Gasteiger partial charge is 0.508 e. The van der Waals surface area contributed by atoms with Gasteiger partial charge in [-0.25, -0.2) is 4.79 Å². The maximum Gasteiger partial charge on any atom is 0.326 e. The average molecular weight is 1860 g/mol. The van der Waals surface area contributed by atoms with Crippen molar-refractivity contribution < 1.29 is 92.3 Å². The highest BCUT2D eigenvalue weighted by molar-refractivity contribution is 6.00. The van der Waals surface area contributed by atoms with Crippen LogP contribution in [0.1, 0.15) is 193 Å². The normalized spacial score (nSPS) is 14.4. The average Bonchev–Trinajstić information content (AvgIpc) is 0.852. The minimum absolute atomic E-state index is 0.0199. The number of carbonyl (C=O) groups excluding carboxylic acids is 13. The zero-order valence-corrected chi connectivity index (χ0v) is 76.8. The lowest BCUT2D eigenvalue weighted by Crippen LogP contribution is -2.61. The minimum atomic E-state index is -1.84. The second kappa shape index (κ2) is 63.0. The van der Waals surface area contributed by atoms with E-state index in [0.717, 1.165) is 0 Å². The number of aliphatic carboxylic acids is 2. The molecule has 0 aliphatic rings. The number of aliphatic hydroxyl groups excluding tert-OH is 1. The standard InChI is InChI=1S/C89H146N24O19/c1-52(2)45-66(108-80(124)65(37-38-73(116)117)106-75(119)60(28-14-18-40-91)104-84(128)69(48-55-23-9-7-10-24-55)111-83(127)68(47-54(5)6)107-78(122)63(31-21-43-99-88(95)96)101-74(118)59(94)27-13-17-39-90)81(125)103-61(29-15-19-41-92)77(121)110-70(49-56-25-11-8-12-26-56)85(129)113-72(51-114)86(130)109-67(46-53(3)4)82(126)105-64(32-22-44-100-89(97)98)76(120)102-62(30-16-20-42-93)79(123)112-71(87(131)132)50-57-33-35-58(115)36-34-57/h7-12,23-26,33-36,52-54,59-72,114-115H,13-22,27-32,37-51,90-94H2,1-6H3,(H,101,118)(H,102,120)(H,103,125)(H,104,128)(H,105,126)(H,106,119)(H,107,122)(H,108,124)(H,109,130)(H,110,121)(H,111,127)(H,112,123)(H,113,129)(H,116,117)(H,131,132)(H4,95,96,99)(H4,97,98,100)/t59-,60-,61-,62-,63-,64-,65-,66-,67-,68-,69-,70-,71-,72-/m0/s1. The number of nitrogens with one attached hydrogen (secondary N) is 17. The fourth-order valence-electron chi connectivity index (χ4n) is 14.1. The molecular weight excluding hydrogens is 1710 g/mol. The summed E-state index contributed by atoms with van der Waals surface area (Å²) in [6.45, 7) is 10.4. The van der Waals surface area contributed by atoms with E-state index in [1.165, 1.54) is 24.3 Å². The summed E-state index contributed by atoms with van der Waals surface area (Å²) in [6.07, 6.45) is 1.03. The lowest BCUT2D eigenvalue weighted by atomic mass is 9.99. The third-order valence-corrected chi connectivity index (χ3v) is 21.2. The molecule has 0 aliphatic carbocycles. The molecule has 0 bridgehead atoms. The molecule has 0 aliphatic heterocycles. The van der Waals surface area contributed by atoms with Crippen LogP contribution in [0.3, 0.4) is 0 Å². The maximum atomic E-state index is 15.0. The van der Waals surface area contributed by atoms with Crippen LogP contribution in [0.25, 0.3) is 0 Å². The monoisotopic (exact) mass is 1860 g/mol.